The standard InChI is InChI=1S/C19H22O3S/c1-2-3-9-18(15-7-5-4-6-8-15)23-17-12-10-16(11-13-17)22-14-19(20)21/h4-8,10-13,18H,2-3,9,14H2,1H3,(H,20,21). The van der Waals surface area contributed by atoms with E-state index in [-0.39, 0.29) is 6.61 Å². The molecule has 4 heteroatoms. The lowest BCUT2D eigenvalue weighted by molar-refractivity contribution is -0.139. The van der Waals surface area contributed by atoms with Crippen LogP contribution in [0, 0.1) is 0 Å². The Morgan fingerprint density at radius 1 is 1.13 bits per heavy atom. The number of hydrogen-bond acceptors (Lipinski definition) is 3. The van der Waals surface area contributed by atoms with Crippen molar-refractivity contribution in [2.75, 3.05) is 6.61 Å². The number of benzene rings is 2. The first-order valence-electron chi connectivity index (χ1n) is 7.85. The number of unbranched alkanes of at least 4 members (excludes halogenated alkanes) is 1. The molecule has 0 amide bonds. The van der Waals surface area contributed by atoms with Gasteiger partial charge in [-0.3, -0.25) is 0 Å². The summed E-state index contributed by atoms with van der Waals surface area (Å²) in [7, 11) is 0. The van der Waals surface area contributed by atoms with E-state index in [1.54, 1.807) is 0 Å². The Balaban J connectivity index is 2.02. The molecule has 0 aromatic heterocycles. The molecule has 2 rings (SSSR count). The van der Waals surface area contributed by atoms with Gasteiger partial charge in [0.1, 0.15) is 5.75 Å². The summed E-state index contributed by atoms with van der Waals surface area (Å²) < 4.78 is 5.17. The summed E-state index contributed by atoms with van der Waals surface area (Å²) in [4.78, 5) is 11.7. The lowest BCUT2D eigenvalue weighted by atomic mass is 10.1. The number of thioether (sulfide) groups is 1. The molecule has 1 N–H and O–H groups in total. The quantitative estimate of drug-likeness (QED) is 0.644. The summed E-state index contributed by atoms with van der Waals surface area (Å²) in [5.74, 6) is -0.381. The van der Waals surface area contributed by atoms with Crippen molar-refractivity contribution in [3.8, 4) is 5.75 Å². The molecule has 0 fully saturated rings. The number of carboxylic acid groups (broad SMARTS) is 1. The topological polar surface area (TPSA) is 46.5 Å². The summed E-state index contributed by atoms with van der Waals surface area (Å²) >= 11 is 1.84. The maximum atomic E-state index is 10.5. The number of carboxylic acids is 1. The number of aliphatic carboxylic acids is 1. The Bertz CT molecular complexity index is 596. The predicted octanol–water partition coefficient (Wildman–Crippen LogP) is 5.17. The summed E-state index contributed by atoms with van der Waals surface area (Å²) in [5.41, 5.74) is 1.34. The molecule has 1 atom stereocenters. The van der Waals surface area contributed by atoms with Gasteiger partial charge in [-0.05, 0) is 36.2 Å². The number of ether oxygens (including phenoxy) is 1. The van der Waals surface area contributed by atoms with Gasteiger partial charge in [-0.25, -0.2) is 4.79 Å². The molecule has 122 valence electrons. The van der Waals surface area contributed by atoms with Gasteiger partial charge in [0.15, 0.2) is 6.61 Å². The number of carbonyl (C=O) groups is 1. The highest BCUT2D eigenvalue weighted by molar-refractivity contribution is 7.99. The molecular formula is C19H22O3S. The lowest BCUT2D eigenvalue weighted by Gasteiger charge is -2.17. The van der Waals surface area contributed by atoms with Gasteiger partial charge >= 0.3 is 5.97 Å². The van der Waals surface area contributed by atoms with Gasteiger partial charge < -0.3 is 9.84 Å². The molecule has 0 aliphatic heterocycles. The van der Waals surface area contributed by atoms with E-state index in [2.05, 4.69) is 31.2 Å². The smallest absolute Gasteiger partial charge is 0.341 e. The average Bonchev–Trinajstić information content (AvgIpc) is 2.58. The van der Waals surface area contributed by atoms with Crippen LogP contribution >= 0.6 is 11.8 Å². The van der Waals surface area contributed by atoms with E-state index >= 15 is 0 Å². The molecule has 0 aliphatic rings. The van der Waals surface area contributed by atoms with Gasteiger partial charge in [-0.1, -0.05) is 50.1 Å². The van der Waals surface area contributed by atoms with E-state index in [1.807, 2.05) is 42.1 Å². The number of hydrogen-bond donors (Lipinski definition) is 1. The van der Waals surface area contributed by atoms with E-state index in [1.165, 1.54) is 18.4 Å². The first-order valence-corrected chi connectivity index (χ1v) is 8.73. The van der Waals surface area contributed by atoms with Crippen LogP contribution in [0.25, 0.3) is 0 Å². The van der Waals surface area contributed by atoms with Gasteiger partial charge in [0.2, 0.25) is 0 Å². The zero-order valence-electron chi connectivity index (χ0n) is 13.3. The van der Waals surface area contributed by atoms with E-state index in [4.69, 9.17) is 9.84 Å². The minimum absolute atomic E-state index is 0.310. The van der Waals surface area contributed by atoms with Crippen molar-refractivity contribution in [3.05, 3.63) is 60.2 Å². The van der Waals surface area contributed by atoms with Crippen molar-refractivity contribution in [3.63, 3.8) is 0 Å². The van der Waals surface area contributed by atoms with Crippen LogP contribution < -0.4 is 4.74 Å². The first kappa shape index (κ1) is 17.4. The summed E-state index contributed by atoms with van der Waals surface area (Å²) in [6.07, 6.45) is 3.53. The van der Waals surface area contributed by atoms with Crippen molar-refractivity contribution in [2.45, 2.75) is 36.3 Å². The predicted molar refractivity (Wildman–Crippen MR) is 94.1 cm³/mol. The molecule has 2 aromatic carbocycles. The minimum Gasteiger partial charge on any atom is -0.482 e. The van der Waals surface area contributed by atoms with E-state index in [9.17, 15) is 4.79 Å². The first-order chi connectivity index (χ1) is 11.2. The van der Waals surface area contributed by atoms with Crippen LogP contribution in [0.2, 0.25) is 0 Å². The zero-order chi connectivity index (χ0) is 16.5. The highest BCUT2D eigenvalue weighted by Crippen LogP contribution is 2.39. The third-order valence-electron chi connectivity index (χ3n) is 3.46. The van der Waals surface area contributed by atoms with E-state index in [0.717, 1.165) is 11.3 Å². The maximum Gasteiger partial charge on any atom is 0.341 e. The fraction of sp³-hybridized carbons (Fsp3) is 0.316. The molecule has 0 radical (unpaired) electrons. The fourth-order valence-electron chi connectivity index (χ4n) is 2.27. The second-order valence-corrected chi connectivity index (χ2v) is 6.59. The minimum atomic E-state index is -0.966. The molecule has 0 bridgehead atoms. The van der Waals surface area contributed by atoms with Crippen LogP contribution in [0.5, 0.6) is 5.75 Å². The van der Waals surface area contributed by atoms with E-state index < -0.39 is 5.97 Å². The van der Waals surface area contributed by atoms with Crippen molar-refractivity contribution in [1.29, 1.82) is 0 Å². The van der Waals surface area contributed by atoms with Crippen LogP contribution in [0.3, 0.4) is 0 Å². The van der Waals surface area contributed by atoms with E-state index in [0.29, 0.717) is 11.0 Å². The average molecular weight is 330 g/mol. The summed E-state index contributed by atoms with van der Waals surface area (Å²) in [6.45, 7) is 1.90. The highest BCUT2D eigenvalue weighted by Gasteiger charge is 2.12. The normalized spacial score (nSPS) is 11.9. The zero-order valence-corrected chi connectivity index (χ0v) is 14.1. The Morgan fingerprint density at radius 2 is 1.83 bits per heavy atom. The molecule has 23 heavy (non-hydrogen) atoms. The molecule has 0 spiro atoms. The third kappa shape index (κ3) is 5.99. The van der Waals surface area contributed by atoms with Crippen LogP contribution in [0.15, 0.2) is 59.5 Å². The van der Waals surface area contributed by atoms with Crippen LogP contribution in [-0.4, -0.2) is 17.7 Å². The second kappa shape index (κ2) is 9.26. The molecule has 3 nitrogen and oxygen atoms in total. The monoisotopic (exact) mass is 330 g/mol. The molecular weight excluding hydrogens is 308 g/mol. The highest BCUT2D eigenvalue weighted by atomic mass is 32.2. The number of rotatable bonds is 9. The van der Waals surface area contributed by atoms with Crippen molar-refractivity contribution >= 4 is 17.7 Å². The van der Waals surface area contributed by atoms with Gasteiger partial charge in [-0.15, -0.1) is 11.8 Å². The lowest BCUT2D eigenvalue weighted by Crippen LogP contribution is -2.09. The van der Waals surface area contributed by atoms with Crippen LogP contribution in [0.1, 0.15) is 37.0 Å². The Hall–Kier alpha value is -1.94. The molecule has 0 aliphatic carbocycles. The molecule has 0 saturated heterocycles. The summed E-state index contributed by atoms with van der Waals surface area (Å²) in [6, 6.07) is 18.2. The van der Waals surface area contributed by atoms with Crippen molar-refractivity contribution in [1.82, 2.24) is 0 Å². The second-order valence-electron chi connectivity index (χ2n) is 5.31. The van der Waals surface area contributed by atoms with Crippen molar-refractivity contribution in [2.24, 2.45) is 0 Å². The Kier molecular flexibility index (Phi) is 7.01. The molecule has 1 unspecified atom stereocenters. The van der Waals surface area contributed by atoms with Gasteiger partial charge in [0.25, 0.3) is 0 Å². The Labute approximate surface area is 141 Å². The molecule has 2 aromatic rings. The van der Waals surface area contributed by atoms with Crippen molar-refractivity contribution < 1.29 is 14.6 Å². The summed E-state index contributed by atoms with van der Waals surface area (Å²) in [5, 5.41) is 9.06. The Morgan fingerprint density at radius 3 is 2.43 bits per heavy atom. The fourth-order valence-corrected chi connectivity index (χ4v) is 3.47. The van der Waals surface area contributed by atoms with Crippen LogP contribution in [0.4, 0.5) is 0 Å². The van der Waals surface area contributed by atoms with Gasteiger partial charge in [-0.2, -0.15) is 0 Å². The SMILES string of the molecule is CCCCC(Sc1ccc(OCC(=O)O)cc1)c1ccccc1. The van der Waals surface area contributed by atoms with Gasteiger partial charge in [0.05, 0.1) is 0 Å². The molecule has 0 heterocycles. The maximum absolute atomic E-state index is 10.5. The molecule has 0 saturated carbocycles. The largest absolute Gasteiger partial charge is 0.482 e. The van der Waals surface area contributed by atoms with Crippen LogP contribution in [-0.2, 0) is 4.79 Å². The third-order valence-corrected chi connectivity index (χ3v) is 4.79. The van der Waals surface area contributed by atoms with Gasteiger partial charge in [0, 0.05) is 10.1 Å².